The van der Waals surface area contributed by atoms with Crippen LogP contribution in [0.3, 0.4) is 0 Å². The van der Waals surface area contributed by atoms with E-state index in [1.54, 1.807) is 6.07 Å². The molecule has 2 N–H and O–H groups in total. The molecule has 0 aliphatic rings. The number of furan rings is 1. The lowest BCUT2D eigenvalue weighted by Gasteiger charge is -2.08. The van der Waals surface area contributed by atoms with E-state index in [0.717, 1.165) is 5.56 Å². The molecule has 1 aromatic heterocycles. The average Bonchev–Trinajstić information content (AvgIpc) is 2.81. The van der Waals surface area contributed by atoms with Crippen LogP contribution in [0.1, 0.15) is 36.4 Å². The molecule has 0 fully saturated rings. The van der Waals surface area contributed by atoms with Crippen molar-refractivity contribution in [1.29, 1.82) is 0 Å². The maximum atomic E-state index is 11.4. The Morgan fingerprint density at radius 1 is 1.42 bits per heavy atom. The molecule has 1 rings (SSSR count). The smallest absolute Gasteiger partial charge is 0.374 e. The minimum absolute atomic E-state index is 0.00267. The number of nitrogens with one attached hydrogen (secondary N) is 2. The number of amides is 1. The summed E-state index contributed by atoms with van der Waals surface area (Å²) in [7, 11) is 1.30. The molecule has 106 valence electrons. The Morgan fingerprint density at radius 2 is 2.16 bits per heavy atom. The molecule has 1 amide bonds. The Morgan fingerprint density at radius 3 is 2.79 bits per heavy atom. The van der Waals surface area contributed by atoms with Crippen LogP contribution < -0.4 is 10.6 Å². The molecule has 6 heteroatoms. The van der Waals surface area contributed by atoms with Crippen LogP contribution in [0.15, 0.2) is 16.7 Å². The van der Waals surface area contributed by atoms with Crippen molar-refractivity contribution in [2.24, 2.45) is 0 Å². The van der Waals surface area contributed by atoms with Crippen LogP contribution in [0.5, 0.6) is 0 Å². The molecule has 1 heterocycles. The Balaban J connectivity index is 2.32. The Hall–Kier alpha value is -1.82. The summed E-state index contributed by atoms with van der Waals surface area (Å²) < 4.78 is 9.65. The van der Waals surface area contributed by atoms with Gasteiger partial charge < -0.3 is 19.8 Å². The fourth-order valence-electron chi connectivity index (χ4n) is 1.57. The summed E-state index contributed by atoms with van der Waals surface area (Å²) in [4.78, 5) is 22.7. The molecule has 0 unspecified atom stereocenters. The first-order valence-corrected chi connectivity index (χ1v) is 6.19. The van der Waals surface area contributed by atoms with Crippen molar-refractivity contribution in [3.05, 3.63) is 23.7 Å². The number of hydrogen-bond acceptors (Lipinski definition) is 5. The second kappa shape index (κ2) is 7.58. The van der Waals surface area contributed by atoms with Gasteiger partial charge in [-0.1, -0.05) is 0 Å². The Bertz CT molecular complexity index is 426. The van der Waals surface area contributed by atoms with Crippen LogP contribution in [0, 0.1) is 0 Å². The van der Waals surface area contributed by atoms with Crippen LogP contribution in [0.4, 0.5) is 0 Å². The molecule has 0 aliphatic carbocycles. The first-order chi connectivity index (χ1) is 9.04. The first kappa shape index (κ1) is 15.2. The zero-order valence-corrected chi connectivity index (χ0v) is 11.5. The van der Waals surface area contributed by atoms with Crippen LogP contribution in [0.25, 0.3) is 0 Å². The zero-order valence-electron chi connectivity index (χ0n) is 11.5. The highest BCUT2D eigenvalue weighted by Crippen LogP contribution is 2.11. The van der Waals surface area contributed by atoms with Crippen LogP contribution in [-0.2, 0) is 16.1 Å². The molecule has 6 nitrogen and oxygen atoms in total. The van der Waals surface area contributed by atoms with Crippen molar-refractivity contribution in [1.82, 2.24) is 10.6 Å². The van der Waals surface area contributed by atoms with E-state index in [1.165, 1.54) is 13.4 Å². The maximum absolute atomic E-state index is 11.4. The van der Waals surface area contributed by atoms with E-state index in [2.05, 4.69) is 15.4 Å². The third-order valence-corrected chi connectivity index (χ3v) is 2.41. The Kier molecular flexibility index (Phi) is 6.08. The Labute approximate surface area is 112 Å². The van der Waals surface area contributed by atoms with Gasteiger partial charge in [0.25, 0.3) is 0 Å². The zero-order chi connectivity index (χ0) is 14.3. The van der Waals surface area contributed by atoms with Crippen molar-refractivity contribution in [2.75, 3.05) is 13.7 Å². The van der Waals surface area contributed by atoms with E-state index in [-0.39, 0.29) is 17.7 Å². The quantitative estimate of drug-likeness (QED) is 0.571. The molecule has 0 saturated heterocycles. The summed E-state index contributed by atoms with van der Waals surface area (Å²) in [5.74, 6) is -0.302. The number of carbonyl (C=O) groups is 2. The molecule has 0 spiro atoms. The molecule has 19 heavy (non-hydrogen) atoms. The van der Waals surface area contributed by atoms with Gasteiger partial charge >= 0.3 is 5.97 Å². The number of methoxy groups -OCH3 is 1. The molecular weight excluding hydrogens is 248 g/mol. The normalized spacial score (nSPS) is 10.5. The molecule has 0 aliphatic heterocycles. The maximum Gasteiger partial charge on any atom is 0.374 e. The van der Waals surface area contributed by atoms with Gasteiger partial charge in [-0.15, -0.1) is 0 Å². The lowest BCUT2D eigenvalue weighted by molar-refractivity contribution is -0.121. The van der Waals surface area contributed by atoms with Crippen LogP contribution in [0.2, 0.25) is 0 Å². The third-order valence-electron chi connectivity index (χ3n) is 2.41. The second-order valence-corrected chi connectivity index (χ2v) is 4.42. The van der Waals surface area contributed by atoms with E-state index in [0.29, 0.717) is 19.5 Å². The summed E-state index contributed by atoms with van der Waals surface area (Å²) in [6.07, 6.45) is 1.83. The average molecular weight is 268 g/mol. The van der Waals surface area contributed by atoms with Gasteiger partial charge in [0.15, 0.2) is 0 Å². The van der Waals surface area contributed by atoms with Crippen molar-refractivity contribution >= 4 is 11.9 Å². The van der Waals surface area contributed by atoms with Crippen LogP contribution in [-0.4, -0.2) is 31.6 Å². The summed E-state index contributed by atoms with van der Waals surface area (Å²) in [5.41, 5.74) is 0.719. The van der Waals surface area contributed by atoms with Gasteiger partial charge in [-0.05, 0) is 19.9 Å². The van der Waals surface area contributed by atoms with E-state index < -0.39 is 5.97 Å². The largest absolute Gasteiger partial charge is 0.463 e. The first-order valence-electron chi connectivity index (χ1n) is 6.19. The van der Waals surface area contributed by atoms with Gasteiger partial charge in [0, 0.05) is 31.1 Å². The van der Waals surface area contributed by atoms with Crippen molar-refractivity contribution in [3.63, 3.8) is 0 Å². The molecule has 0 saturated carbocycles. The SMILES string of the molecule is COC(=O)c1occc1CNCCC(=O)NC(C)C. The van der Waals surface area contributed by atoms with Gasteiger partial charge in [0.1, 0.15) is 0 Å². The number of carbonyl (C=O) groups excluding carboxylic acids is 2. The van der Waals surface area contributed by atoms with Crippen molar-refractivity contribution < 1.29 is 18.7 Å². The predicted molar refractivity (Wildman–Crippen MR) is 69.6 cm³/mol. The lowest BCUT2D eigenvalue weighted by atomic mass is 10.2. The summed E-state index contributed by atoms with van der Waals surface area (Å²) in [6, 6.07) is 1.85. The molecule has 0 aromatic carbocycles. The third kappa shape index (κ3) is 5.13. The van der Waals surface area contributed by atoms with E-state index in [1.807, 2.05) is 13.8 Å². The monoisotopic (exact) mass is 268 g/mol. The van der Waals surface area contributed by atoms with Gasteiger partial charge in [-0.3, -0.25) is 4.79 Å². The van der Waals surface area contributed by atoms with Crippen LogP contribution >= 0.6 is 0 Å². The lowest BCUT2D eigenvalue weighted by Crippen LogP contribution is -2.32. The minimum atomic E-state index is -0.501. The number of ether oxygens (including phenoxy) is 1. The van der Waals surface area contributed by atoms with E-state index in [9.17, 15) is 9.59 Å². The highest BCUT2D eigenvalue weighted by atomic mass is 16.5. The van der Waals surface area contributed by atoms with Gasteiger partial charge in [-0.2, -0.15) is 0 Å². The summed E-state index contributed by atoms with van der Waals surface area (Å²) >= 11 is 0. The number of hydrogen-bond donors (Lipinski definition) is 2. The fourth-order valence-corrected chi connectivity index (χ4v) is 1.57. The van der Waals surface area contributed by atoms with Gasteiger partial charge in [0.05, 0.1) is 13.4 Å². The van der Waals surface area contributed by atoms with Gasteiger partial charge in [0.2, 0.25) is 11.7 Å². The summed E-state index contributed by atoms with van der Waals surface area (Å²) in [6.45, 7) is 4.82. The topological polar surface area (TPSA) is 80.6 Å². The molecule has 0 bridgehead atoms. The predicted octanol–water partition coefficient (Wildman–Crippen LogP) is 1.07. The molecule has 0 radical (unpaired) electrons. The molecule has 1 aromatic rings. The minimum Gasteiger partial charge on any atom is -0.463 e. The number of esters is 1. The van der Waals surface area contributed by atoms with Gasteiger partial charge in [-0.25, -0.2) is 4.79 Å². The standard InChI is InChI=1S/C13H20N2O4/c1-9(2)15-11(16)4-6-14-8-10-5-7-19-12(10)13(17)18-3/h5,7,9,14H,4,6,8H2,1-3H3,(H,15,16). The number of rotatable bonds is 7. The van der Waals surface area contributed by atoms with Crippen molar-refractivity contribution in [3.8, 4) is 0 Å². The van der Waals surface area contributed by atoms with E-state index >= 15 is 0 Å². The van der Waals surface area contributed by atoms with Crippen molar-refractivity contribution in [2.45, 2.75) is 32.9 Å². The summed E-state index contributed by atoms with van der Waals surface area (Å²) in [5, 5.41) is 5.89. The fraction of sp³-hybridized carbons (Fsp3) is 0.538. The highest BCUT2D eigenvalue weighted by molar-refractivity contribution is 5.87. The molecular formula is C13H20N2O4. The van der Waals surface area contributed by atoms with E-state index in [4.69, 9.17) is 4.42 Å². The second-order valence-electron chi connectivity index (χ2n) is 4.42. The molecule has 0 atom stereocenters. The highest BCUT2D eigenvalue weighted by Gasteiger charge is 2.15.